The number of nitrogens with zero attached hydrogens (tertiary/aromatic N) is 4. The molecule has 2 N–H and O–H groups in total. The first kappa shape index (κ1) is 12.9. The molecule has 0 amide bonds. The van der Waals surface area contributed by atoms with Crippen molar-refractivity contribution in [2.75, 3.05) is 36.7 Å². The van der Waals surface area contributed by atoms with Gasteiger partial charge in [-0.15, -0.1) is 0 Å². The highest BCUT2D eigenvalue weighted by Gasteiger charge is 2.24. The summed E-state index contributed by atoms with van der Waals surface area (Å²) in [6.45, 7) is 2.20. The van der Waals surface area contributed by atoms with Gasteiger partial charge in [-0.3, -0.25) is 0 Å². The van der Waals surface area contributed by atoms with Crippen molar-refractivity contribution in [3.63, 3.8) is 0 Å². The van der Waals surface area contributed by atoms with Crippen molar-refractivity contribution in [3.8, 4) is 0 Å². The molecule has 1 aromatic heterocycles. The van der Waals surface area contributed by atoms with E-state index in [-0.39, 0.29) is 0 Å². The Morgan fingerprint density at radius 2 is 1.83 bits per heavy atom. The first-order valence-electron chi connectivity index (χ1n) is 6.48. The fraction of sp³-hybridized carbons (Fsp3) is 0.750. The molecule has 0 bridgehead atoms. The molecule has 2 rings (SSSR count). The maximum Gasteiger partial charge on any atom is 0.231 e. The second-order valence-corrected chi connectivity index (χ2v) is 5.05. The van der Waals surface area contributed by atoms with E-state index in [1.165, 1.54) is 19.3 Å². The van der Waals surface area contributed by atoms with E-state index >= 15 is 0 Å². The number of aromatic nitrogens is 3. The molecule has 6 nitrogen and oxygen atoms in total. The first-order valence-corrected chi connectivity index (χ1v) is 6.48. The molecule has 0 radical (unpaired) electrons. The maximum absolute atomic E-state index is 4.41. The van der Waals surface area contributed by atoms with Crippen molar-refractivity contribution in [2.45, 2.75) is 32.2 Å². The highest BCUT2D eigenvalue weighted by molar-refractivity contribution is 5.43. The first-order chi connectivity index (χ1) is 8.60. The molecular weight excluding hydrogens is 228 g/mol. The highest BCUT2D eigenvalue weighted by atomic mass is 15.3. The number of hydrogen-bond acceptors (Lipinski definition) is 6. The van der Waals surface area contributed by atoms with Crippen LogP contribution in [-0.2, 0) is 0 Å². The van der Waals surface area contributed by atoms with E-state index in [4.69, 9.17) is 0 Å². The smallest absolute Gasteiger partial charge is 0.231 e. The predicted molar refractivity (Wildman–Crippen MR) is 74.1 cm³/mol. The Hall–Kier alpha value is -1.59. The van der Waals surface area contributed by atoms with E-state index in [0.717, 1.165) is 5.92 Å². The van der Waals surface area contributed by atoms with Crippen molar-refractivity contribution >= 4 is 17.8 Å². The lowest BCUT2D eigenvalue weighted by Gasteiger charge is -2.31. The van der Waals surface area contributed by atoms with E-state index in [1.54, 1.807) is 0 Å². The molecule has 0 saturated heterocycles. The lowest BCUT2D eigenvalue weighted by atomic mass is 9.80. The molecule has 1 heterocycles. The zero-order valence-corrected chi connectivity index (χ0v) is 11.6. The van der Waals surface area contributed by atoms with Crippen molar-refractivity contribution < 1.29 is 0 Å². The lowest BCUT2D eigenvalue weighted by Crippen LogP contribution is -2.31. The summed E-state index contributed by atoms with van der Waals surface area (Å²) in [5.41, 5.74) is 0. The number of nitrogens with one attached hydrogen (secondary N) is 2. The monoisotopic (exact) mass is 250 g/mol. The fourth-order valence-corrected chi connectivity index (χ4v) is 2.00. The topological polar surface area (TPSA) is 66.0 Å². The molecule has 1 atom stereocenters. The van der Waals surface area contributed by atoms with E-state index in [9.17, 15) is 0 Å². The van der Waals surface area contributed by atoms with Crippen LogP contribution in [0.15, 0.2) is 0 Å². The van der Waals surface area contributed by atoms with Crippen molar-refractivity contribution in [1.29, 1.82) is 0 Å². The largest absolute Gasteiger partial charge is 0.357 e. The Balaban J connectivity index is 2.12. The molecule has 1 unspecified atom stereocenters. The van der Waals surface area contributed by atoms with Gasteiger partial charge in [-0.25, -0.2) is 0 Å². The SMILES string of the molecule is CNc1nc(NC(C)C2CCC2)nc(N(C)C)n1. The van der Waals surface area contributed by atoms with Crippen LogP contribution in [0, 0.1) is 5.92 Å². The van der Waals surface area contributed by atoms with Crippen LogP contribution in [0.1, 0.15) is 26.2 Å². The number of rotatable bonds is 5. The van der Waals surface area contributed by atoms with Crippen LogP contribution < -0.4 is 15.5 Å². The summed E-state index contributed by atoms with van der Waals surface area (Å²) in [6.07, 6.45) is 3.95. The molecule has 100 valence electrons. The van der Waals surface area contributed by atoms with Gasteiger partial charge in [-0.05, 0) is 25.7 Å². The summed E-state index contributed by atoms with van der Waals surface area (Å²) >= 11 is 0. The van der Waals surface area contributed by atoms with Crippen molar-refractivity contribution in [2.24, 2.45) is 5.92 Å². The second kappa shape index (κ2) is 5.37. The summed E-state index contributed by atoms with van der Waals surface area (Å²) in [7, 11) is 5.66. The van der Waals surface area contributed by atoms with Crippen molar-refractivity contribution in [3.05, 3.63) is 0 Å². The van der Waals surface area contributed by atoms with Gasteiger partial charge < -0.3 is 15.5 Å². The normalized spacial score (nSPS) is 16.9. The quantitative estimate of drug-likeness (QED) is 0.827. The van der Waals surface area contributed by atoms with E-state index in [1.807, 2.05) is 26.0 Å². The standard InChI is InChI=1S/C12H22N6/c1-8(9-6-5-7-9)14-11-15-10(13-2)16-12(17-11)18(3)4/h8-9H,5-7H2,1-4H3,(H2,13,14,15,16,17). The van der Waals surface area contributed by atoms with E-state index < -0.39 is 0 Å². The molecule has 1 aliphatic carbocycles. The van der Waals surface area contributed by atoms with E-state index in [2.05, 4.69) is 32.5 Å². The Labute approximate surface area is 108 Å². The summed E-state index contributed by atoms with van der Waals surface area (Å²) in [6, 6.07) is 0.417. The van der Waals surface area contributed by atoms with Crippen LogP contribution in [0.2, 0.25) is 0 Å². The van der Waals surface area contributed by atoms with Crippen LogP contribution in [0.25, 0.3) is 0 Å². The van der Waals surface area contributed by atoms with Gasteiger partial charge in [0.05, 0.1) is 0 Å². The maximum atomic E-state index is 4.41. The molecule has 1 aromatic rings. The molecule has 6 heteroatoms. The molecule has 0 spiro atoms. The lowest BCUT2D eigenvalue weighted by molar-refractivity contribution is 0.284. The molecule has 1 aliphatic rings. The third-order valence-corrected chi connectivity index (χ3v) is 3.46. The van der Waals surface area contributed by atoms with Crippen LogP contribution in [-0.4, -0.2) is 42.1 Å². The average Bonchev–Trinajstić information content (AvgIpc) is 2.25. The minimum atomic E-state index is 0.417. The molecule has 1 saturated carbocycles. The second-order valence-electron chi connectivity index (χ2n) is 5.05. The van der Waals surface area contributed by atoms with Gasteiger partial charge in [0.15, 0.2) is 0 Å². The molecule has 1 fully saturated rings. The third-order valence-electron chi connectivity index (χ3n) is 3.46. The Morgan fingerprint density at radius 3 is 2.33 bits per heavy atom. The molecule has 0 aromatic carbocycles. The van der Waals surface area contributed by atoms with Gasteiger partial charge in [-0.1, -0.05) is 6.42 Å². The Morgan fingerprint density at radius 1 is 1.17 bits per heavy atom. The predicted octanol–water partition coefficient (Wildman–Crippen LogP) is 1.58. The minimum Gasteiger partial charge on any atom is -0.357 e. The minimum absolute atomic E-state index is 0.417. The van der Waals surface area contributed by atoms with Crippen LogP contribution >= 0.6 is 0 Å². The summed E-state index contributed by atoms with van der Waals surface area (Å²) < 4.78 is 0. The fourth-order valence-electron chi connectivity index (χ4n) is 2.00. The molecule has 18 heavy (non-hydrogen) atoms. The van der Waals surface area contributed by atoms with Gasteiger partial charge >= 0.3 is 0 Å². The average molecular weight is 250 g/mol. The summed E-state index contributed by atoms with van der Waals surface area (Å²) in [4.78, 5) is 14.9. The van der Waals surface area contributed by atoms with Gasteiger partial charge in [0.25, 0.3) is 0 Å². The van der Waals surface area contributed by atoms with Crippen LogP contribution in [0.4, 0.5) is 17.8 Å². The molecular formula is C12H22N6. The van der Waals surface area contributed by atoms with Crippen molar-refractivity contribution in [1.82, 2.24) is 15.0 Å². The Bertz CT molecular complexity index is 402. The zero-order valence-electron chi connectivity index (χ0n) is 11.6. The van der Waals surface area contributed by atoms with Gasteiger partial charge in [-0.2, -0.15) is 15.0 Å². The highest BCUT2D eigenvalue weighted by Crippen LogP contribution is 2.30. The summed E-state index contributed by atoms with van der Waals surface area (Å²) in [5.74, 6) is 2.66. The van der Waals surface area contributed by atoms with Gasteiger partial charge in [0.2, 0.25) is 17.8 Å². The zero-order chi connectivity index (χ0) is 13.1. The summed E-state index contributed by atoms with van der Waals surface area (Å²) in [5, 5.41) is 6.35. The van der Waals surface area contributed by atoms with E-state index in [0.29, 0.717) is 23.9 Å². The molecule has 0 aliphatic heterocycles. The van der Waals surface area contributed by atoms with Crippen LogP contribution in [0.3, 0.4) is 0 Å². The third kappa shape index (κ3) is 2.80. The number of anilines is 3. The van der Waals surface area contributed by atoms with Gasteiger partial charge in [0.1, 0.15) is 0 Å². The Kier molecular flexibility index (Phi) is 3.84. The van der Waals surface area contributed by atoms with Gasteiger partial charge in [0, 0.05) is 27.2 Å². The number of hydrogen-bond donors (Lipinski definition) is 2. The van der Waals surface area contributed by atoms with Crippen LogP contribution in [0.5, 0.6) is 0 Å².